The highest BCUT2D eigenvalue weighted by molar-refractivity contribution is 5.75. The summed E-state index contributed by atoms with van der Waals surface area (Å²) in [6.45, 7) is 3.98. The van der Waals surface area contributed by atoms with Crippen molar-refractivity contribution >= 4 is 5.97 Å². The zero-order valence-electron chi connectivity index (χ0n) is 11.4. The van der Waals surface area contributed by atoms with Crippen molar-refractivity contribution in [1.82, 2.24) is 10.6 Å². The summed E-state index contributed by atoms with van der Waals surface area (Å²) in [6, 6.07) is 10.6. The number of carbonyl (C=O) groups excluding carboxylic acids is 1. The lowest BCUT2D eigenvalue weighted by Crippen LogP contribution is -2.51. The number of piperidine rings is 1. The number of carbonyl (C=O) groups is 1. The largest absolute Gasteiger partial charge is 0.465 e. The van der Waals surface area contributed by atoms with E-state index >= 15 is 0 Å². The van der Waals surface area contributed by atoms with Gasteiger partial charge in [0.25, 0.3) is 0 Å². The van der Waals surface area contributed by atoms with E-state index in [-0.39, 0.29) is 12.0 Å². The SMILES string of the molecule is CCOC(=O)[C@H]1CCC(NCc2ccccc2)CN1. The third-order valence-corrected chi connectivity index (χ3v) is 3.42. The van der Waals surface area contributed by atoms with Crippen LogP contribution in [0.15, 0.2) is 30.3 Å². The predicted octanol–water partition coefficient (Wildman–Crippen LogP) is 1.46. The molecule has 0 aliphatic carbocycles. The quantitative estimate of drug-likeness (QED) is 0.789. The molecule has 0 saturated carbocycles. The molecule has 0 aromatic heterocycles. The fourth-order valence-corrected chi connectivity index (χ4v) is 2.33. The fourth-order valence-electron chi connectivity index (χ4n) is 2.33. The predicted molar refractivity (Wildman–Crippen MR) is 74.7 cm³/mol. The van der Waals surface area contributed by atoms with Gasteiger partial charge >= 0.3 is 5.97 Å². The smallest absolute Gasteiger partial charge is 0.323 e. The number of nitrogens with one attached hydrogen (secondary N) is 2. The Morgan fingerprint density at radius 2 is 2.16 bits per heavy atom. The van der Waals surface area contributed by atoms with E-state index in [9.17, 15) is 4.79 Å². The first-order chi connectivity index (χ1) is 9.29. The molecule has 1 heterocycles. The molecule has 1 aromatic rings. The first-order valence-corrected chi connectivity index (χ1v) is 6.97. The third kappa shape index (κ3) is 4.33. The van der Waals surface area contributed by atoms with E-state index < -0.39 is 0 Å². The highest BCUT2D eigenvalue weighted by Gasteiger charge is 2.26. The first kappa shape index (κ1) is 14.0. The standard InChI is InChI=1S/C15H22N2O2/c1-2-19-15(18)14-9-8-13(11-17-14)16-10-12-6-4-3-5-7-12/h3-7,13-14,16-17H,2,8-11H2,1H3/t13?,14-/m1/s1. The van der Waals surface area contributed by atoms with Gasteiger partial charge in [0.2, 0.25) is 0 Å². The zero-order chi connectivity index (χ0) is 13.5. The van der Waals surface area contributed by atoms with Crippen LogP contribution in [0.4, 0.5) is 0 Å². The molecule has 4 heteroatoms. The van der Waals surface area contributed by atoms with Crippen LogP contribution in [0.2, 0.25) is 0 Å². The molecule has 19 heavy (non-hydrogen) atoms. The molecular weight excluding hydrogens is 240 g/mol. The van der Waals surface area contributed by atoms with Gasteiger partial charge in [0.1, 0.15) is 6.04 Å². The van der Waals surface area contributed by atoms with Crippen molar-refractivity contribution < 1.29 is 9.53 Å². The lowest BCUT2D eigenvalue weighted by molar-refractivity contribution is -0.146. The van der Waals surface area contributed by atoms with Crippen LogP contribution in [0, 0.1) is 0 Å². The zero-order valence-corrected chi connectivity index (χ0v) is 11.4. The Morgan fingerprint density at radius 3 is 2.79 bits per heavy atom. The second-order valence-corrected chi connectivity index (χ2v) is 4.85. The average molecular weight is 262 g/mol. The van der Waals surface area contributed by atoms with E-state index in [1.807, 2.05) is 25.1 Å². The molecule has 2 rings (SSSR count). The molecule has 1 aliphatic heterocycles. The van der Waals surface area contributed by atoms with Gasteiger partial charge in [0.15, 0.2) is 0 Å². The Kier molecular flexibility index (Phi) is 5.36. The van der Waals surface area contributed by atoms with Gasteiger partial charge in [0.05, 0.1) is 6.61 Å². The first-order valence-electron chi connectivity index (χ1n) is 6.97. The molecule has 2 atom stereocenters. The molecule has 2 N–H and O–H groups in total. The van der Waals surface area contributed by atoms with Crippen molar-refractivity contribution in [2.45, 2.75) is 38.4 Å². The Hall–Kier alpha value is -1.39. The van der Waals surface area contributed by atoms with Crippen LogP contribution in [0.1, 0.15) is 25.3 Å². The summed E-state index contributed by atoms with van der Waals surface area (Å²) in [5.74, 6) is -0.121. The molecule has 1 unspecified atom stereocenters. The molecule has 4 nitrogen and oxygen atoms in total. The van der Waals surface area contributed by atoms with Gasteiger partial charge in [-0.25, -0.2) is 0 Å². The van der Waals surface area contributed by atoms with E-state index in [0.29, 0.717) is 12.6 Å². The van der Waals surface area contributed by atoms with E-state index in [4.69, 9.17) is 4.74 Å². The molecule has 104 valence electrons. The minimum Gasteiger partial charge on any atom is -0.465 e. The third-order valence-electron chi connectivity index (χ3n) is 3.42. The second-order valence-electron chi connectivity index (χ2n) is 4.85. The summed E-state index contributed by atoms with van der Waals surface area (Å²) in [5, 5.41) is 6.77. The van der Waals surface area contributed by atoms with Crippen LogP contribution in [0.25, 0.3) is 0 Å². The highest BCUT2D eigenvalue weighted by Crippen LogP contribution is 2.10. The van der Waals surface area contributed by atoms with Crippen molar-refractivity contribution in [1.29, 1.82) is 0 Å². The van der Waals surface area contributed by atoms with Gasteiger partial charge in [-0.05, 0) is 25.3 Å². The number of benzene rings is 1. The normalized spacial score (nSPS) is 23.0. The van der Waals surface area contributed by atoms with E-state index in [0.717, 1.165) is 25.9 Å². The maximum atomic E-state index is 11.6. The lowest BCUT2D eigenvalue weighted by Gasteiger charge is -2.29. The summed E-state index contributed by atoms with van der Waals surface area (Å²) in [7, 11) is 0. The Labute approximate surface area is 114 Å². The molecule has 0 bridgehead atoms. The molecule has 0 amide bonds. The van der Waals surface area contributed by atoms with Crippen LogP contribution < -0.4 is 10.6 Å². The van der Waals surface area contributed by atoms with Crippen LogP contribution >= 0.6 is 0 Å². The van der Waals surface area contributed by atoms with Gasteiger partial charge in [-0.1, -0.05) is 30.3 Å². The molecule has 0 radical (unpaired) electrons. The molecule has 1 aromatic carbocycles. The maximum absolute atomic E-state index is 11.6. The number of ether oxygens (including phenoxy) is 1. The van der Waals surface area contributed by atoms with E-state index in [1.165, 1.54) is 5.56 Å². The van der Waals surface area contributed by atoms with Gasteiger partial charge in [0, 0.05) is 19.1 Å². The number of esters is 1. The molecule has 0 spiro atoms. The lowest BCUT2D eigenvalue weighted by atomic mass is 10.0. The van der Waals surface area contributed by atoms with E-state index in [1.54, 1.807) is 0 Å². The van der Waals surface area contributed by atoms with Gasteiger partial charge in [-0.3, -0.25) is 4.79 Å². The molecule has 1 fully saturated rings. The fraction of sp³-hybridized carbons (Fsp3) is 0.533. The second kappa shape index (κ2) is 7.26. The van der Waals surface area contributed by atoms with E-state index in [2.05, 4.69) is 22.8 Å². The minimum absolute atomic E-state index is 0.121. The van der Waals surface area contributed by atoms with Crippen LogP contribution in [0.5, 0.6) is 0 Å². The van der Waals surface area contributed by atoms with Crippen molar-refractivity contribution in [3.8, 4) is 0 Å². The van der Waals surface area contributed by atoms with Crippen molar-refractivity contribution in [2.75, 3.05) is 13.2 Å². The topological polar surface area (TPSA) is 50.4 Å². The minimum atomic E-state index is -0.130. The molecule has 1 saturated heterocycles. The number of rotatable bonds is 5. The Morgan fingerprint density at radius 1 is 1.37 bits per heavy atom. The van der Waals surface area contributed by atoms with Crippen LogP contribution in [-0.2, 0) is 16.1 Å². The van der Waals surface area contributed by atoms with Crippen molar-refractivity contribution in [3.63, 3.8) is 0 Å². The Balaban J connectivity index is 1.70. The van der Waals surface area contributed by atoms with Gasteiger partial charge in [-0.15, -0.1) is 0 Å². The summed E-state index contributed by atoms with van der Waals surface area (Å²) in [6.07, 6.45) is 1.84. The summed E-state index contributed by atoms with van der Waals surface area (Å²) in [4.78, 5) is 11.6. The summed E-state index contributed by atoms with van der Waals surface area (Å²) >= 11 is 0. The van der Waals surface area contributed by atoms with Crippen LogP contribution in [-0.4, -0.2) is 31.2 Å². The summed E-state index contributed by atoms with van der Waals surface area (Å²) in [5.41, 5.74) is 1.29. The van der Waals surface area contributed by atoms with Gasteiger partial charge in [-0.2, -0.15) is 0 Å². The maximum Gasteiger partial charge on any atom is 0.323 e. The molecular formula is C15H22N2O2. The number of hydrogen-bond donors (Lipinski definition) is 2. The highest BCUT2D eigenvalue weighted by atomic mass is 16.5. The molecule has 1 aliphatic rings. The Bertz CT molecular complexity index is 386. The number of hydrogen-bond acceptors (Lipinski definition) is 4. The van der Waals surface area contributed by atoms with Gasteiger partial charge < -0.3 is 15.4 Å². The van der Waals surface area contributed by atoms with Crippen molar-refractivity contribution in [2.24, 2.45) is 0 Å². The summed E-state index contributed by atoms with van der Waals surface area (Å²) < 4.78 is 5.02. The average Bonchev–Trinajstić information content (AvgIpc) is 2.47. The van der Waals surface area contributed by atoms with Crippen LogP contribution in [0.3, 0.4) is 0 Å². The monoisotopic (exact) mass is 262 g/mol. The van der Waals surface area contributed by atoms with Crippen molar-refractivity contribution in [3.05, 3.63) is 35.9 Å².